The van der Waals surface area contributed by atoms with E-state index in [1.54, 1.807) is 7.11 Å². The number of nitrogens with one attached hydrogen (secondary N) is 1. The highest BCUT2D eigenvalue weighted by molar-refractivity contribution is 5.31. The maximum atomic E-state index is 5.34. The normalized spacial score (nSPS) is 24.4. The van der Waals surface area contributed by atoms with Gasteiger partial charge in [-0.3, -0.25) is 0 Å². The van der Waals surface area contributed by atoms with Crippen molar-refractivity contribution in [1.29, 1.82) is 0 Å². The van der Waals surface area contributed by atoms with Gasteiger partial charge in [0.15, 0.2) is 0 Å². The molecule has 1 heterocycles. The van der Waals surface area contributed by atoms with Gasteiger partial charge in [0.05, 0.1) is 6.61 Å². The lowest BCUT2D eigenvalue weighted by Crippen LogP contribution is -2.38. The Bertz CT molecular complexity index is 375. The lowest BCUT2D eigenvalue weighted by atomic mass is 9.74. The summed E-state index contributed by atoms with van der Waals surface area (Å²) < 4.78 is 5.34. The van der Waals surface area contributed by atoms with Crippen molar-refractivity contribution >= 4 is 0 Å². The van der Waals surface area contributed by atoms with E-state index in [2.05, 4.69) is 43.4 Å². The first-order chi connectivity index (χ1) is 8.74. The average Bonchev–Trinajstić information content (AvgIpc) is 2.40. The predicted octanol–water partition coefficient (Wildman–Crippen LogP) is 3.18. The van der Waals surface area contributed by atoms with Gasteiger partial charge in [0, 0.05) is 7.11 Å². The zero-order chi connectivity index (χ0) is 13.0. The van der Waals surface area contributed by atoms with Crippen LogP contribution < -0.4 is 5.32 Å². The molecule has 1 fully saturated rings. The second kappa shape index (κ2) is 6.35. The summed E-state index contributed by atoms with van der Waals surface area (Å²) in [7, 11) is 1.78. The molecular weight excluding hydrogens is 222 g/mol. The minimum absolute atomic E-state index is 0.678. The maximum absolute atomic E-state index is 5.34. The van der Waals surface area contributed by atoms with Crippen molar-refractivity contribution in [2.75, 3.05) is 20.2 Å². The van der Waals surface area contributed by atoms with E-state index in [0.29, 0.717) is 5.92 Å². The quantitative estimate of drug-likeness (QED) is 0.882. The summed E-state index contributed by atoms with van der Waals surface area (Å²) in [5, 5.41) is 3.54. The van der Waals surface area contributed by atoms with Crippen molar-refractivity contribution in [3.63, 3.8) is 0 Å². The lowest BCUT2D eigenvalue weighted by molar-refractivity contribution is 0.181. The van der Waals surface area contributed by atoms with Crippen molar-refractivity contribution < 1.29 is 4.74 Å². The van der Waals surface area contributed by atoms with Gasteiger partial charge in [0.2, 0.25) is 0 Å². The predicted molar refractivity (Wildman–Crippen MR) is 75.7 cm³/mol. The van der Waals surface area contributed by atoms with Crippen LogP contribution in [0.15, 0.2) is 24.3 Å². The van der Waals surface area contributed by atoms with Crippen molar-refractivity contribution in [2.24, 2.45) is 11.8 Å². The monoisotopic (exact) mass is 247 g/mol. The van der Waals surface area contributed by atoms with Crippen LogP contribution in [0.4, 0.5) is 0 Å². The molecule has 0 aliphatic carbocycles. The number of methoxy groups -OCH3 is 1. The molecule has 1 aliphatic heterocycles. The first-order valence-corrected chi connectivity index (χ1v) is 7.01. The second-order valence-electron chi connectivity index (χ2n) is 5.64. The number of ether oxygens (including phenoxy) is 1. The van der Waals surface area contributed by atoms with Gasteiger partial charge in [0.1, 0.15) is 0 Å². The van der Waals surface area contributed by atoms with Gasteiger partial charge in [-0.15, -0.1) is 0 Å². The minimum atomic E-state index is 0.678. The van der Waals surface area contributed by atoms with Gasteiger partial charge in [0.25, 0.3) is 0 Å². The first kappa shape index (κ1) is 13.6. The highest BCUT2D eigenvalue weighted by Crippen LogP contribution is 2.36. The molecule has 1 aliphatic rings. The maximum Gasteiger partial charge on any atom is 0.0715 e. The van der Waals surface area contributed by atoms with E-state index < -0.39 is 0 Å². The molecule has 1 aromatic carbocycles. The van der Waals surface area contributed by atoms with Crippen molar-refractivity contribution in [2.45, 2.75) is 32.8 Å². The Labute approximate surface area is 111 Å². The summed E-state index contributed by atoms with van der Waals surface area (Å²) in [4.78, 5) is 0. The molecule has 0 spiro atoms. The van der Waals surface area contributed by atoms with Crippen LogP contribution in [0, 0.1) is 11.8 Å². The van der Waals surface area contributed by atoms with Crippen LogP contribution in [0.25, 0.3) is 0 Å². The minimum Gasteiger partial charge on any atom is -0.380 e. The van der Waals surface area contributed by atoms with Crippen LogP contribution >= 0.6 is 0 Å². The standard InChI is InChI=1S/C16H25NO/c1-12(2)16-10-17-9-8-15(16)14-7-5-4-6-13(14)11-18-3/h4-7,12,15-17H,8-11H2,1-3H3. The SMILES string of the molecule is COCc1ccccc1C1CCNCC1C(C)C. The molecule has 0 saturated carbocycles. The Balaban J connectivity index is 2.27. The largest absolute Gasteiger partial charge is 0.380 e. The van der Waals surface area contributed by atoms with E-state index in [-0.39, 0.29) is 0 Å². The third-order valence-electron chi connectivity index (χ3n) is 4.14. The molecule has 0 aromatic heterocycles. The molecular formula is C16H25NO. The highest BCUT2D eigenvalue weighted by atomic mass is 16.5. The van der Waals surface area contributed by atoms with Crippen LogP contribution in [0.1, 0.15) is 37.3 Å². The van der Waals surface area contributed by atoms with Gasteiger partial charge in [-0.2, -0.15) is 0 Å². The molecule has 2 unspecified atom stereocenters. The fourth-order valence-electron chi connectivity index (χ4n) is 3.15. The van der Waals surface area contributed by atoms with Crippen LogP contribution in [0.3, 0.4) is 0 Å². The topological polar surface area (TPSA) is 21.3 Å². The van der Waals surface area contributed by atoms with Gasteiger partial charge in [-0.25, -0.2) is 0 Å². The molecule has 2 rings (SSSR count). The summed E-state index contributed by atoms with van der Waals surface area (Å²) in [5.74, 6) is 2.13. The number of piperidine rings is 1. The number of hydrogen-bond donors (Lipinski definition) is 1. The van der Waals surface area contributed by atoms with Crippen molar-refractivity contribution in [3.8, 4) is 0 Å². The zero-order valence-corrected chi connectivity index (χ0v) is 11.8. The Morgan fingerprint density at radius 1 is 1.33 bits per heavy atom. The zero-order valence-electron chi connectivity index (χ0n) is 11.8. The van der Waals surface area contributed by atoms with Crippen molar-refractivity contribution in [1.82, 2.24) is 5.32 Å². The second-order valence-corrected chi connectivity index (χ2v) is 5.64. The van der Waals surface area contributed by atoms with Crippen LogP contribution in [0.2, 0.25) is 0 Å². The summed E-state index contributed by atoms with van der Waals surface area (Å²) in [5.41, 5.74) is 2.86. The molecule has 2 heteroatoms. The molecule has 1 N–H and O–H groups in total. The molecule has 0 amide bonds. The molecule has 1 saturated heterocycles. The highest BCUT2D eigenvalue weighted by Gasteiger charge is 2.29. The molecule has 0 bridgehead atoms. The van der Waals surface area contributed by atoms with Gasteiger partial charge >= 0.3 is 0 Å². The van der Waals surface area contributed by atoms with E-state index in [0.717, 1.165) is 31.5 Å². The van der Waals surface area contributed by atoms with Gasteiger partial charge in [-0.05, 0) is 48.4 Å². The van der Waals surface area contributed by atoms with E-state index >= 15 is 0 Å². The lowest BCUT2D eigenvalue weighted by Gasteiger charge is -2.36. The van der Waals surface area contributed by atoms with Gasteiger partial charge < -0.3 is 10.1 Å². The fourth-order valence-corrected chi connectivity index (χ4v) is 3.15. The third-order valence-corrected chi connectivity index (χ3v) is 4.14. The molecule has 18 heavy (non-hydrogen) atoms. The van der Waals surface area contributed by atoms with Crippen LogP contribution in [-0.2, 0) is 11.3 Å². The van der Waals surface area contributed by atoms with Crippen molar-refractivity contribution in [3.05, 3.63) is 35.4 Å². The molecule has 1 aromatic rings. The summed E-state index contributed by atoms with van der Waals surface area (Å²) in [6.07, 6.45) is 1.24. The molecule has 100 valence electrons. The third kappa shape index (κ3) is 2.93. The fraction of sp³-hybridized carbons (Fsp3) is 0.625. The Morgan fingerprint density at radius 2 is 2.11 bits per heavy atom. The first-order valence-electron chi connectivity index (χ1n) is 7.01. The number of rotatable bonds is 4. The Morgan fingerprint density at radius 3 is 2.83 bits per heavy atom. The number of benzene rings is 1. The van der Waals surface area contributed by atoms with Crippen LogP contribution in [0.5, 0.6) is 0 Å². The van der Waals surface area contributed by atoms with Gasteiger partial charge in [-0.1, -0.05) is 38.1 Å². The van der Waals surface area contributed by atoms with E-state index in [9.17, 15) is 0 Å². The smallest absolute Gasteiger partial charge is 0.0715 e. The molecule has 0 radical (unpaired) electrons. The van der Waals surface area contributed by atoms with E-state index in [4.69, 9.17) is 4.74 Å². The van der Waals surface area contributed by atoms with E-state index in [1.165, 1.54) is 17.5 Å². The summed E-state index contributed by atoms with van der Waals surface area (Å²) >= 11 is 0. The van der Waals surface area contributed by atoms with E-state index in [1.807, 2.05) is 0 Å². The average molecular weight is 247 g/mol. The van der Waals surface area contributed by atoms with Crippen LogP contribution in [-0.4, -0.2) is 20.2 Å². The Kier molecular flexibility index (Phi) is 4.79. The molecule has 2 nitrogen and oxygen atoms in total. The number of hydrogen-bond acceptors (Lipinski definition) is 2. The summed E-state index contributed by atoms with van der Waals surface area (Å²) in [6.45, 7) is 7.68. The molecule has 2 atom stereocenters. The summed E-state index contributed by atoms with van der Waals surface area (Å²) in [6, 6.07) is 8.77. The Hall–Kier alpha value is -0.860.